The van der Waals surface area contributed by atoms with Crippen LogP contribution in [0.15, 0.2) is 36.4 Å². The van der Waals surface area contributed by atoms with E-state index < -0.39 is 0 Å². The zero-order valence-corrected chi connectivity index (χ0v) is 16.4. The molecule has 2 aromatic rings. The minimum absolute atomic E-state index is 0.0311. The number of carbonyl (C=O) groups is 1. The summed E-state index contributed by atoms with van der Waals surface area (Å²) >= 11 is 5.94. The highest BCUT2D eigenvalue weighted by Gasteiger charge is 2.32. The van der Waals surface area contributed by atoms with Crippen molar-refractivity contribution in [3.05, 3.63) is 58.1 Å². The maximum Gasteiger partial charge on any atom is 0.258 e. The monoisotopic (exact) mass is 388 g/mol. The molecule has 6 heteroatoms. The number of benzene rings is 2. The van der Waals surface area contributed by atoms with Gasteiger partial charge in [-0.1, -0.05) is 42.8 Å². The first-order valence-corrected chi connectivity index (χ1v) is 9.58. The van der Waals surface area contributed by atoms with E-state index in [1.165, 1.54) is 11.6 Å². The summed E-state index contributed by atoms with van der Waals surface area (Å²) in [7, 11) is 2.08. The van der Waals surface area contributed by atoms with E-state index in [2.05, 4.69) is 37.1 Å². The van der Waals surface area contributed by atoms with Crippen molar-refractivity contribution < 1.29 is 15.0 Å². The molecule has 0 aromatic heterocycles. The first kappa shape index (κ1) is 19.5. The van der Waals surface area contributed by atoms with Gasteiger partial charge in [0.15, 0.2) is 0 Å². The van der Waals surface area contributed by atoms with E-state index in [1.54, 1.807) is 4.90 Å². The van der Waals surface area contributed by atoms with Crippen molar-refractivity contribution in [3.63, 3.8) is 0 Å². The number of hydrogen-bond acceptors (Lipinski definition) is 4. The summed E-state index contributed by atoms with van der Waals surface area (Å²) < 4.78 is 0. The second kappa shape index (κ2) is 8.19. The highest BCUT2D eigenvalue weighted by Crippen LogP contribution is 2.37. The van der Waals surface area contributed by atoms with E-state index in [0.29, 0.717) is 6.54 Å². The van der Waals surface area contributed by atoms with Crippen molar-refractivity contribution in [2.24, 2.45) is 0 Å². The number of phenolic OH excluding ortho intramolecular Hbond substituents is 2. The third-order valence-corrected chi connectivity index (χ3v) is 5.44. The topological polar surface area (TPSA) is 64.0 Å². The van der Waals surface area contributed by atoms with Crippen LogP contribution in [0, 0.1) is 0 Å². The molecule has 0 bridgehead atoms. The van der Waals surface area contributed by atoms with Gasteiger partial charge in [0.2, 0.25) is 0 Å². The Labute approximate surface area is 164 Å². The molecule has 27 heavy (non-hydrogen) atoms. The molecule has 0 radical (unpaired) electrons. The third-order valence-electron chi connectivity index (χ3n) is 5.14. The van der Waals surface area contributed by atoms with E-state index >= 15 is 0 Å². The highest BCUT2D eigenvalue weighted by molar-refractivity contribution is 6.32. The van der Waals surface area contributed by atoms with Gasteiger partial charge in [0.25, 0.3) is 5.91 Å². The molecule has 1 amide bonds. The average Bonchev–Trinajstić information content (AvgIpc) is 3.14. The van der Waals surface area contributed by atoms with Gasteiger partial charge >= 0.3 is 0 Å². The molecular weight excluding hydrogens is 364 g/mol. The Morgan fingerprint density at radius 1 is 1.26 bits per heavy atom. The van der Waals surface area contributed by atoms with Gasteiger partial charge in [0, 0.05) is 19.2 Å². The van der Waals surface area contributed by atoms with Crippen LogP contribution in [0.3, 0.4) is 0 Å². The van der Waals surface area contributed by atoms with Crippen LogP contribution in [0.5, 0.6) is 11.5 Å². The fraction of sp³-hybridized carbons (Fsp3) is 0.381. The highest BCUT2D eigenvalue weighted by atomic mass is 35.5. The largest absolute Gasteiger partial charge is 0.507 e. The van der Waals surface area contributed by atoms with Gasteiger partial charge in [-0.3, -0.25) is 4.79 Å². The molecule has 0 aliphatic carbocycles. The Hall–Kier alpha value is -2.24. The van der Waals surface area contributed by atoms with Crippen LogP contribution in [-0.2, 0) is 6.54 Å². The van der Waals surface area contributed by atoms with Crippen molar-refractivity contribution in [1.82, 2.24) is 9.80 Å². The molecule has 3 rings (SSSR count). The SMILES string of the molecule is CCN(C)Cc1cccc(C2CCCN2C(=O)c2cc(Cl)c(O)cc2O)c1. The van der Waals surface area contributed by atoms with Crippen LogP contribution < -0.4 is 0 Å². The van der Waals surface area contributed by atoms with E-state index in [-0.39, 0.29) is 34.0 Å². The molecule has 5 nitrogen and oxygen atoms in total. The average molecular weight is 389 g/mol. The van der Waals surface area contributed by atoms with Crippen molar-refractivity contribution in [1.29, 1.82) is 0 Å². The normalized spacial score (nSPS) is 16.9. The molecule has 1 saturated heterocycles. The minimum Gasteiger partial charge on any atom is -0.507 e. The summed E-state index contributed by atoms with van der Waals surface area (Å²) in [6, 6.07) is 10.8. The van der Waals surface area contributed by atoms with Gasteiger partial charge in [-0.2, -0.15) is 0 Å². The summed E-state index contributed by atoms with van der Waals surface area (Å²) in [6.45, 7) is 4.58. The zero-order chi connectivity index (χ0) is 19.6. The summed E-state index contributed by atoms with van der Waals surface area (Å²) in [5, 5.41) is 19.8. The molecule has 0 saturated carbocycles. The van der Waals surface area contributed by atoms with E-state index in [1.807, 2.05) is 6.07 Å². The summed E-state index contributed by atoms with van der Waals surface area (Å²) in [4.78, 5) is 17.1. The lowest BCUT2D eigenvalue weighted by Gasteiger charge is -2.26. The number of amides is 1. The van der Waals surface area contributed by atoms with Gasteiger partial charge in [-0.25, -0.2) is 0 Å². The molecule has 1 aliphatic rings. The fourth-order valence-corrected chi connectivity index (χ4v) is 3.72. The Kier molecular flexibility index (Phi) is 5.92. The molecule has 0 spiro atoms. The summed E-state index contributed by atoms with van der Waals surface area (Å²) in [5.41, 5.74) is 2.44. The van der Waals surface area contributed by atoms with Crippen LogP contribution in [0.4, 0.5) is 0 Å². The van der Waals surface area contributed by atoms with Gasteiger partial charge in [-0.05, 0) is 43.6 Å². The molecule has 2 N–H and O–H groups in total. The van der Waals surface area contributed by atoms with Crippen LogP contribution >= 0.6 is 11.6 Å². The first-order chi connectivity index (χ1) is 12.9. The maximum absolute atomic E-state index is 13.0. The number of likely N-dealkylation sites (tertiary alicyclic amines) is 1. The number of rotatable bonds is 5. The number of aromatic hydroxyl groups is 2. The number of phenols is 2. The lowest BCUT2D eigenvalue weighted by Crippen LogP contribution is -2.30. The smallest absolute Gasteiger partial charge is 0.258 e. The second-order valence-corrected chi connectivity index (χ2v) is 7.46. The van der Waals surface area contributed by atoms with E-state index in [0.717, 1.165) is 37.6 Å². The summed E-state index contributed by atoms with van der Waals surface area (Å²) in [5.74, 6) is -0.768. The quantitative estimate of drug-likeness (QED) is 0.806. The first-order valence-electron chi connectivity index (χ1n) is 9.20. The Bertz CT molecular complexity index is 840. The number of hydrogen-bond donors (Lipinski definition) is 2. The zero-order valence-electron chi connectivity index (χ0n) is 15.7. The van der Waals surface area contributed by atoms with Gasteiger partial charge in [0.1, 0.15) is 11.5 Å². The van der Waals surface area contributed by atoms with Crippen molar-refractivity contribution >= 4 is 17.5 Å². The van der Waals surface area contributed by atoms with E-state index in [4.69, 9.17) is 11.6 Å². The van der Waals surface area contributed by atoms with Gasteiger partial charge in [-0.15, -0.1) is 0 Å². The van der Waals surface area contributed by atoms with Crippen molar-refractivity contribution in [3.8, 4) is 11.5 Å². The number of nitrogens with zero attached hydrogens (tertiary/aromatic N) is 2. The Morgan fingerprint density at radius 2 is 2.04 bits per heavy atom. The maximum atomic E-state index is 13.0. The van der Waals surface area contributed by atoms with Crippen LogP contribution in [0.25, 0.3) is 0 Å². The Balaban J connectivity index is 1.86. The van der Waals surface area contributed by atoms with E-state index in [9.17, 15) is 15.0 Å². The van der Waals surface area contributed by atoms with Crippen LogP contribution in [0.1, 0.15) is 47.3 Å². The van der Waals surface area contributed by atoms with Crippen molar-refractivity contribution in [2.45, 2.75) is 32.4 Å². The molecule has 144 valence electrons. The molecule has 2 aromatic carbocycles. The summed E-state index contributed by atoms with van der Waals surface area (Å²) in [6.07, 6.45) is 1.79. The third kappa shape index (κ3) is 4.20. The molecular formula is C21H25ClN2O3. The van der Waals surface area contributed by atoms with Crippen LogP contribution in [-0.4, -0.2) is 46.1 Å². The number of halogens is 1. The number of carbonyl (C=O) groups excluding carboxylic acids is 1. The minimum atomic E-state index is -0.270. The van der Waals surface area contributed by atoms with Gasteiger partial charge in [0.05, 0.1) is 16.6 Å². The molecule has 1 aliphatic heterocycles. The van der Waals surface area contributed by atoms with Gasteiger partial charge < -0.3 is 20.0 Å². The molecule has 1 fully saturated rings. The standard InChI is InChI=1S/C21H25ClN2O3/c1-3-23(2)13-14-6-4-7-15(10-14)18-8-5-9-24(18)21(27)16-11-17(22)20(26)12-19(16)25/h4,6-7,10-12,18,25-26H,3,5,8-9,13H2,1-2H3. The predicted molar refractivity (Wildman–Crippen MR) is 106 cm³/mol. The second-order valence-electron chi connectivity index (χ2n) is 7.05. The molecule has 1 unspecified atom stereocenters. The van der Waals surface area contributed by atoms with Crippen molar-refractivity contribution in [2.75, 3.05) is 20.1 Å². The predicted octanol–water partition coefficient (Wildman–Crippen LogP) is 4.18. The lowest BCUT2D eigenvalue weighted by molar-refractivity contribution is 0.0732. The lowest BCUT2D eigenvalue weighted by atomic mass is 10.0. The van der Waals surface area contributed by atoms with Crippen LogP contribution in [0.2, 0.25) is 5.02 Å². The Morgan fingerprint density at radius 3 is 2.78 bits per heavy atom. The molecule has 1 atom stereocenters. The molecule has 1 heterocycles. The fourth-order valence-electron chi connectivity index (χ4n) is 3.56.